The maximum Gasteiger partial charge on any atom is 0.219 e. The summed E-state index contributed by atoms with van der Waals surface area (Å²) in [6, 6.07) is 11.5. The van der Waals surface area contributed by atoms with E-state index >= 15 is 0 Å². The molecular weight excluding hydrogens is 715 g/mol. The minimum absolute atomic E-state index is 0.0878. The lowest BCUT2D eigenvalue weighted by atomic mass is 9.75. The Bertz CT molecular complexity index is 1670. The van der Waals surface area contributed by atoms with Crippen LogP contribution >= 0.6 is 24.7 Å². The van der Waals surface area contributed by atoms with Gasteiger partial charge < -0.3 is 24.0 Å². The third kappa shape index (κ3) is 11.2. The highest BCUT2D eigenvalue weighted by atomic mass is 32.2. The maximum absolute atomic E-state index is 12.5. The number of nitrogens with zero attached hydrogens (tertiary/aromatic N) is 1. The fourth-order valence-corrected chi connectivity index (χ4v) is 7.93. The van der Waals surface area contributed by atoms with E-state index in [9.17, 15) is 18.1 Å². The number of rotatable bonds is 22. The van der Waals surface area contributed by atoms with Crippen molar-refractivity contribution in [2.24, 2.45) is 0 Å². The molecule has 0 aliphatic carbocycles. The van der Waals surface area contributed by atoms with Crippen LogP contribution in [0.25, 0.3) is 0 Å². The first-order valence-corrected chi connectivity index (χ1v) is 20.8. The number of ether oxygens (including phenoxy) is 1. The van der Waals surface area contributed by atoms with E-state index in [1.807, 2.05) is 42.5 Å². The summed E-state index contributed by atoms with van der Waals surface area (Å²) in [6.07, 6.45) is 18.8. The number of carbonyl (C=O) groups excluding carboxylic acids is 1. The largest absolute Gasteiger partial charge is 0.460 e. The van der Waals surface area contributed by atoms with E-state index in [4.69, 9.17) is 9.57 Å². The molecule has 9 nitrogen and oxygen atoms in total. The fraction of sp³-hybridized carbons (Fsp3) is 0.500. The van der Waals surface area contributed by atoms with E-state index in [1.54, 1.807) is 13.1 Å². The van der Waals surface area contributed by atoms with Crippen molar-refractivity contribution in [3.63, 3.8) is 0 Å². The zero-order valence-electron chi connectivity index (χ0n) is 31.0. The number of nitrogens with one attached hydrogen (secondary N) is 2. The van der Waals surface area contributed by atoms with Crippen molar-refractivity contribution in [2.45, 2.75) is 106 Å². The van der Waals surface area contributed by atoms with Gasteiger partial charge in [0.05, 0.1) is 22.3 Å². The highest BCUT2D eigenvalue weighted by Crippen LogP contribution is 2.46. The molecule has 2 aliphatic heterocycles. The molecule has 0 spiro atoms. The lowest BCUT2D eigenvalue weighted by Gasteiger charge is -2.23. The van der Waals surface area contributed by atoms with Gasteiger partial charge in [-0.2, -0.15) is 4.58 Å². The van der Waals surface area contributed by atoms with Crippen LogP contribution in [0.15, 0.2) is 82.3 Å². The summed E-state index contributed by atoms with van der Waals surface area (Å²) in [6.45, 7) is 8.63. The number of benzene rings is 2. The Hall–Kier alpha value is -2.71. The van der Waals surface area contributed by atoms with Crippen molar-refractivity contribution >= 4 is 53.1 Å². The molecule has 284 valence electrons. The normalized spacial score (nSPS) is 19.1. The minimum Gasteiger partial charge on any atom is -0.460 e. The molecule has 0 saturated carbocycles. The van der Waals surface area contributed by atoms with Gasteiger partial charge in [-0.3, -0.25) is 4.79 Å². The van der Waals surface area contributed by atoms with Crippen LogP contribution in [-0.2, 0) is 31.5 Å². The van der Waals surface area contributed by atoms with Gasteiger partial charge in [0.1, 0.15) is 18.1 Å². The molecule has 0 radical (unpaired) electrons. The third-order valence-electron chi connectivity index (χ3n) is 9.94. The lowest BCUT2D eigenvalue weighted by Crippen LogP contribution is -2.31. The fourth-order valence-electron chi connectivity index (χ4n) is 6.99. The molecule has 2 atom stereocenters. The number of thiol groups is 1. The van der Waals surface area contributed by atoms with Crippen molar-refractivity contribution in [3.8, 4) is 5.75 Å². The second-order valence-corrected chi connectivity index (χ2v) is 16.2. The van der Waals surface area contributed by atoms with Crippen molar-refractivity contribution in [2.75, 3.05) is 32.5 Å². The molecule has 2 aromatic rings. The molecule has 0 aromatic heterocycles. The monoisotopic (exact) mass is 770 g/mol. The molecule has 0 saturated heterocycles. The van der Waals surface area contributed by atoms with Gasteiger partial charge in [-0.25, -0.2) is 9.69 Å². The summed E-state index contributed by atoms with van der Waals surface area (Å²) < 4.78 is 40.1. The average Bonchev–Trinajstić information content (AvgIpc) is 3.50. The molecule has 1 amide bonds. The van der Waals surface area contributed by atoms with Crippen LogP contribution in [0, 0.1) is 0 Å². The highest BCUT2D eigenvalue weighted by molar-refractivity contribution is 7.93. The van der Waals surface area contributed by atoms with Gasteiger partial charge in [-0.1, -0.05) is 31.1 Å². The Morgan fingerprint density at radius 1 is 1.00 bits per heavy atom. The number of allylic oxidation sites excluding steroid dienone is 6. The first-order chi connectivity index (χ1) is 25.0. The van der Waals surface area contributed by atoms with Gasteiger partial charge in [-0.15, -0.1) is 12.6 Å². The van der Waals surface area contributed by atoms with Gasteiger partial charge in [0.15, 0.2) is 16.8 Å². The van der Waals surface area contributed by atoms with Gasteiger partial charge in [-0.05, 0) is 108 Å². The Morgan fingerprint density at radius 2 is 1.81 bits per heavy atom. The molecule has 0 fully saturated rings. The Morgan fingerprint density at radius 3 is 2.58 bits per heavy atom. The van der Waals surface area contributed by atoms with Crippen molar-refractivity contribution in [1.29, 1.82) is 0 Å². The highest BCUT2D eigenvalue weighted by Gasteiger charge is 2.47. The number of unbranched alkanes of at least 4 members (excludes halogenated alkanes) is 5. The molecule has 2 unspecified atom stereocenters. The van der Waals surface area contributed by atoms with E-state index in [1.165, 1.54) is 0 Å². The predicted molar refractivity (Wildman–Crippen MR) is 216 cm³/mol. The summed E-state index contributed by atoms with van der Waals surface area (Å²) >= 11 is 3.28. The number of hydrogen-bond donors (Lipinski definition) is 5. The first-order valence-electron chi connectivity index (χ1n) is 18.3. The average molecular weight is 771 g/mol. The van der Waals surface area contributed by atoms with Gasteiger partial charge in [0.25, 0.3) is 0 Å². The quantitative estimate of drug-likeness (QED) is 0.0154. The number of amides is 1. The number of hydroxylamine groups is 1. The SMILES string of the molecule is CNOCCCCCNC(=O)CCCCCC1(C)C(/C=C/C=C/C=C2\Oc3ccc(S)cc3C2(C)C)=[N+](CCCCSO)c2ccc(S(=O)O)cc21. The third-order valence-corrected chi connectivity index (χ3v) is 11.4. The number of hydrogen-bond acceptors (Lipinski definition) is 8. The van der Waals surface area contributed by atoms with Crippen molar-refractivity contribution in [3.05, 3.63) is 83.7 Å². The summed E-state index contributed by atoms with van der Waals surface area (Å²) in [5.74, 6) is 2.48. The Balaban J connectivity index is 1.48. The maximum atomic E-state index is 12.5. The summed E-state index contributed by atoms with van der Waals surface area (Å²) in [5, 5.41) is 3.04. The zero-order valence-corrected chi connectivity index (χ0v) is 33.5. The van der Waals surface area contributed by atoms with Crippen LogP contribution in [0.2, 0.25) is 0 Å². The van der Waals surface area contributed by atoms with Crippen LogP contribution in [-0.4, -0.2) is 62.0 Å². The predicted octanol–water partition coefficient (Wildman–Crippen LogP) is 8.65. The molecular formula is C40H56N3O6S3+. The molecule has 52 heavy (non-hydrogen) atoms. The van der Waals surface area contributed by atoms with E-state index in [0.29, 0.717) is 30.2 Å². The van der Waals surface area contributed by atoms with E-state index < -0.39 is 16.5 Å². The molecule has 0 bridgehead atoms. The first kappa shape index (κ1) is 42.0. The summed E-state index contributed by atoms with van der Waals surface area (Å²) in [7, 11) is 1.75. The van der Waals surface area contributed by atoms with Crippen molar-refractivity contribution in [1.82, 2.24) is 10.8 Å². The van der Waals surface area contributed by atoms with E-state index in [0.717, 1.165) is 115 Å². The number of carbonyl (C=O) groups is 1. The summed E-state index contributed by atoms with van der Waals surface area (Å²) in [4.78, 5) is 18.9. The van der Waals surface area contributed by atoms with Gasteiger partial charge >= 0.3 is 0 Å². The van der Waals surface area contributed by atoms with Crippen molar-refractivity contribution < 1.29 is 32.3 Å². The van der Waals surface area contributed by atoms with Crippen LogP contribution < -0.4 is 15.5 Å². The molecule has 4 N–H and O–H groups in total. The van der Waals surface area contributed by atoms with Crippen LogP contribution in [0.3, 0.4) is 0 Å². The topological polar surface area (TPSA) is 120 Å². The Labute approximate surface area is 322 Å². The molecule has 2 aromatic carbocycles. The van der Waals surface area contributed by atoms with Crippen LogP contribution in [0.5, 0.6) is 5.75 Å². The van der Waals surface area contributed by atoms with Gasteiger partial charge in [0, 0.05) is 60.4 Å². The lowest BCUT2D eigenvalue weighted by molar-refractivity contribution is -0.438. The van der Waals surface area contributed by atoms with Gasteiger partial charge in [0.2, 0.25) is 11.6 Å². The molecule has 4 rings (SSSR count). The summed E-state index contributed by atoms with van der Waals surface area (Å²) in [5.41, 5.74) is 6.30. The van der Waals surface area contributed by atoms with E-state index in [-0.39, 0.29) is 11.3 Å². The number of fused-ring (bicyclic) bond motifs is 2. The Kier molecular flexibility index (Phi) is 16.7. The van der Waals surface area contributed by atoms with E-state index in [2.05, 4.69) is 67.0 Å². The molecule has 2 heterocycles. The van der Waals surface area contributed by atoms with Crippen LogP contribution in [0.4, 0.5) is 5.69 Å². The zero-order chi connectivity index (χ0) is 37.6. The van der Waals surface area contributed by atoms with Crippen LogP contribution in [0.1, 0.15) is 96.1 Å². The minimum atomic E-state index is -2.10. The smallest absolute Gasteiger partial charge is 0.219 e. The second kappa shape index (κ2) is 20.7. The standard InChI is InChI=1S/C40H55N3O6S3/c1-39(2)33-28-30(50)19-22-35(33)49-37(39)17-9-5-8-16-36-40(3,23-11-6-10-18-38(44)42-24-12-7-14-26-48-41-4)32-29-31(52(46)47)20-21-34(32)43(36)25-13-15-27-51-45/h5,8-9,16-17,19-22,28-29,41H,6-7,10-15,18,23-27H2,1-4H3,(H3-,42,44,45,46,47,50)/p+1/b9-5+,16-8+,37-17-. The molecule has 12 heteroatoms. The molecule has 2 aliphatic rings. The second-order valence-electron chi connectivity index (χ2n) is 14.0.